The Balaban J connectivity index is 1.31. The quantitative estimate of drug-likeness (QED) is 0.508. The summed E-state index contributed by atoms with van der Waals surface area (Å²) in [6.45, 7) is 6.70. The van der Waals surface area contributed by atoms with E-state index in [0.29, 0.717) is 13.0 Å². The fraction of sp³-hybridized carbons (Fsp3) is 0.583. The molecule has 1 aliphatic carbocycles. The van der Waals surface area contributed by atoms with E-state index in [9.17, 15) is 9.59 Å². The van der Waals surface area contributed by atoms with E-state index in [0.717, 1.165) is 50.5 Å². The largest absolute Gasteiger partial charge is 0.493 e. The molecule has 164 valence electrons. The van der Waals surface area contributed by atoms with E-state index in [-0.39, 0.29) is 17.5 Å². The average molecular weight is 414 g/mol. The van der Waals surface area contributed by atoms with Crippen molar-refractivity contribution in [1.82, 2.24) is 15.5 Å². The van der Waals surface area contributed by atoms with Crippen LogP contribution in [0.4, 0.5) is 4.79 Å². The Morgan fingerprint density at radius 1 is 1.30 bits per heavy atom. The second-order valence-electron chi connectivity index (χ2n) is 9.04. The topological polar surface area (TPSA) is 70.7 Å². The molecular formula is C24H35N3O3. The van der Waals surface area contributed by atoms with Crippen molar-refractivity contribution in [3.8, 4) is 5.75 Å². The number of nitrogens with one attached hydrogen (secondary N) is 2. The van der Waals surface area contributed by atoms with Gasteiger partial charge in [-0.15, -0.1) is 0 Å². The summed E-state index contributed by atoms with van der Waals surface area (Å²) in [5, 5.41) is 5.99. The molecule has 3 rings (SSSR count). The van der Waals surface area contributed by atoms with E-state index in [1.807, 2.05) is 12.1 Å². The van der Waals surface area contributed by atoms with Gasteiger partial charge in [0, 0.05) is 24.7 Å². The predicted octanol–water partition coefficient (Wildman–Crippen LogP) is 4.01. The molecule has 2 N–H and O–H groups in total. The number of imide groups is 1. The Hall–Kier alpha value is -2.34. The first kappa shape index (κ1) is 22.3. The molecule has 0 radical (unpaired) electrons. The Morgan fingerprint density at radius 2 is 2.13 bits per heavy atom. The van der Waals surface area contributed by atoms with Crippen molar-refractivity contribution in [2.24, 2.45) is 5.92 Å². The summed E-state index contributed by atoms with van der Waals surface area (Å²) in [6, 6.07) is 8.11. The molecule has 6 nitrogen and oxygen atoms in total. The number of urea groups is 1. The zero-order chi connectivity index (χ0) is 21.4. The van der Waals surface area contributed by atoms with Crippen LogP contribution in [0.15, 0.2) is 36.5 Å². The van der Waals surface area contributed by atoms with Gasteiger partial charge in [0.2, 0.25) is 5.91 Å². The van der Waals surface area contributed by atoms with Crippen LogP contribution in [-0.4, -0.2) is 42.1 Å². The summed E-state index contributed by atoms with van der Waals surface area (Å²) >= 11 is 0. The molecule has 2 aliphatic rings. The minimum Gasteiger partial charge on any atom is -0.493 e. The van der Waals surface area contributed by atoms with E-state index in [4.69, 9.17) is 4.74 Å². The van der Waals surface area contributed by atoms with Crippen molar-refractivity contribution in [2.75, 3.05) is 19.7 Å². The Labute approximate surface area is 180 Å². The lowest BCUT2D eigenvalue weighted by molar-refractivity contribution is -0.121. The number of carbonyl (C=O) groups is 2. The molecule has 1 heterocycles. The van der Waals surface area contributed by atoms with Crippen LogP contribution in [0.1, 0.15) is 57.9 Å². The van der Waals surface area contributed by atoms with Crippen molar-refractivity contribution < 1.29 is 14.3 Å². The zero-order valence-corrected chi connectivity index (χ0v) is 18.3. The number of hydrogen-bond donors (Lipinski definition) is 2. The number of allylic oxidation sites excluding steroid dienone is 1. The molecule has 30 heavy (non-hydrogen) atoms. The van der Waals surface area contributed by atoms with Gasteiger partial charge in [-0.3, -0.25) is 10.1 Å². The van der Waals surface area contributed by atoms with E-state index >= 15 is 0 Å². The monoisotopic (exact) mass is 413 g/mol. The van der Waals surface area contributed by atoms with Crippen LogP contribution in [0.2, 0.25) is 0 Å². The van der Waals surface area contributed by atoms with Gasteiger partial charge in [0.05, 0.1) is 6.61 Å². The lowest BCUT2D eigenvalue weighted by atomic mass is 9.97. The number of ether oxygens (including phenoxy) is 1. The third kappa shape index (κ3) is 7.82. The second-order valence-corrected chi connectivity index (χ2v) is 9.04. The van der Waals surface area contributed by atoms with Crippen LogP contribution in [0.25, 0.3) is 0 Å². The van der Waals surface area contributed by atoms with Crippen LogP contribution >= 0.6 is 0 Å². The minimum absolute atomic E-state index is 0.0584. The summed E-state index contributed by atoms with van der Waals surface area (Å²) in [5.41, 5.74) is 1.36. The molecule has 1 aromatic rings. The number of carbonyl (C=O) groups excluding carboxylic acids is 2. The Kier molecular flexibility index (Phi) is 7.91. The molecule has 1 saturated heterocycles. The number of benzene rings is 1. The number of nitrogens with zero attached hydrogens (tertiary/aromatic N) is 1. The van der Waals surface area contributed by atoms with Crippen molar-refractivity contribution in [1.29, 1.82) is 0 Å². The third-order valence-corrected chi connectivity index (χ3v) is 5.64. The molecule has 0 unspecified atom stereocenters. The molecular weight excluding hydrogens is 378 g/mol. The molecule has 6 heteroatoms. The summed E-state index contributed by atoms with van der Waals surface area (Å²) in [4.78, 5) is 24.4. The number of rotatable bonds is 12. The first-order valence-corrected chi connectivity index (χ1v) is 11.2. The number of hydrogen-bond acceptors (Lipinski definition) is 4. The van der Waals surface area contributed by atoms with Crippen molar-refractivity contribution >= 4 is 11.9 Å². The van der Waals surface area contributed by atoms with Gasteiger partial charge in [0.1, 0.15) is 5.75 Å². The highest BCUT2D eigenvalue weighted by atomic mass is 16.5. The van der Waals surface area contributed by atoms with Gasteiger partial charge in [0.15, 0.2) is 0 Å². The zero-order valence-electron chi connectivity index (χ0n) is 18.3. The summed E-state index contributed by atoms with van der Waals surface area (Å²) in [7, 11) is 0. The molecule has 3 amide bonds. The molecule has 0 aromatic heterocycles. The van der Waals surface area contributed by atoms with Gasteiger partial charge in [-0.2, -0.15) is 0 Å². The van der Waals surface area contributed by atoms with Crippen LogP contribution in [0, 0.1) is 5.92 Å². The summed E-state index contributed by atoms with van der Waals surface area (Å²) < 4.78 is 5.88. The average Bonchev–Trinajstić information content (AvgIpc) is 3.52. The van der Waals surface area contributed by atoms with Crippen LogP contribution in [0.5, 0.6) is 5.75 Å². The van der Waals surface area contributed by atoms with E-state index in [2.05, 4.69) is 42.7 Å². The second kappa shape index (κ2) is 10.6. The van der Waals surface area contributed by atoms with Crippen LogP contribution < -0.4 is 15.4 Å². The Bertz CT molecular complexity index is 756. The van der Waals surface area contributed by atoms with Crippen molar-refractivity contribution in [3.63, 3.8) is 0 Å². The summed E-state index contributed by atoms with van der Waals surface area (Å²) in [6.07, 6.45) is 10.8. The van der Waals surface area contributed by atoms with Crippen LogP contribution in [-0.2, 0) is 11.2 Å². The standard InChI is InChI=1S/C24H35N3O3/c1-24(2,13-4-3-5-15-27-16-12-22(28)26-23(27)29)25-14-11-19-7-6-8-21(17-19)30-18-20-9-10-20/h5-8,15,17,20,25H,3-4,9-14,16,18H2,1-2H3,(H,26,28,29)/b15-5+. The molecule has 1 saturated carbocycles. The van der Waals surface area contributed by atoms with E-state index in [1.165, 1.54) is 18.4 Å². The van der Waals surface area contributed by atoms with E-state index < -0.39 is 0 Å². The predicted molar refractivity (Wildman–Crippen MR) is 118 cm³/mol. The van der Waals surface area contributed by atoms with Gasteiger partial charge < -0.3 is 15.0 Å². The van der Waals surface area contributed by atoms with Gasteiger partial charge >= 0.3 is 6.03 Å². The number of amides is 3. The highest BCUT2D eigenvalue weighted by molar-refractivity contribution is 5.97. The molecule has 0 bridgehead atoms. The normalized spacial score (nSPS) is 17.5. The van der Waals surface area contributed by atoms with Crippen LogP contribution in [0.3, 0.4) is 0 Å². The fourth-order valence-electron chi connectivity index (χ4n) is 3.51. The fourth-order valence-corrected chi connectivity index (χ4v) is 3.51. The lowest BCUT2D eigenvalue weighted by Gasteiger charge is -2.26. The molecule has 0 atom stereocenters. The smallest absolute Gasteiger partial charge is 0.328 e. The molecule has 1 aliphatic heterocycles. The first-order chi connectivity index (χ1) is 14.4. The molecule has 0 spiro atoms. The highest BCUT2D eigenvalue weighted by Crippen LogP contribution is 2.29. The maximum Gasteiger partial charge on any atom is 0.328 e. The maximum absolute atomic E-state index is 11.7. The lowest BCUT2D eigenvalue weighted by Crippen LogP contribution is -2.46. The highest BCUT2D eigenvalue weighted by Gasteiger charge is 2.22. The van der Waals surface area contributed by atoms with Crippen molar-refractivity contribution in [2.45, 2.75) is 64.3 Å². The maximum atomic E-state index is 11.7. The van der Waals surface area contributed by atoms with Gasteiger partial charge in [-0.05, 0) is 82.5 Å². The Morgan fingerprint density at radius 3 is 2.90 bits per heavy atom. The van der Waals surface area contributed by atoms with E-state index in [1.54, 1.807) is 11.1 Å². The van der Waals surface area contributed by atoms with Gasteiger partial charge in [0.25, 0.3) is 0 Å². The summed E-state index contributed by atoms with van der Waals surface area (Å²) in [5.74, 6) is 1.55. The van der Waals surface area contributed by atoms with Gasteiger partial charge in [-0.25, -0.2) is 4.79 Å². The molecule has 1 aromatic carbocycles. The van der Waals surface area contributed by atoms with Crippen molar-refractivity contribution in [3.05, 3.63) is 42.1 Å². The molecule has 2 fully saturated rings. The SMILES string of the molecule is CC(C)(CCC/C=C/N1CCC(=O)NC1=O)NCCc1cccc(OCC2CC2)c1. The minimum atomic E-state index is -0.327. The third-order valence-electron chi connectivity index (χ3n) is 5.64. The van der Waals surface area contributed by atoms with Gasteiger partial charge in [-0.1, -0.05) is 18.2 Å². The number of unbranched alkanes of at least 4 members (excludes halogenated alkanes) is 1. The first-order valence-electron chi connectivity index (χ1n) is 11.2.